The van der Waals surface area contributed by atoms with Crippen LogP contribution >= 0.6 is 0 Å². The van der Waals surface area contributed by atoms with Gasteiger partial charge in [0.15, 0.2) is 0 Å². The Morgan fingerprint density at radius 1 is 1.26 bits per heavy atom. The Bertz CT molecular complexity index is 355. The Kier molecular flexibility index (Phi) is 5.83. The van der Waals surface area contributed by atoms with Gasteiger partial charge in [-0.2, -0.15) is 0 Å². The molecule has 0 heterocycles. The van der Waals surface area contributed by atoms with Crippen molar-refractivity contribution in [2.75, 3.05) is 20.1 Å². The highest BCUT2D eigenvalue weighted by Gasteiger charge is 2.23. The summed E-state index contributed by atoms with van der Waals surface area (Å²) in [5, 5.41) is 13.2. The lowest BCUT2D eigenvalue weighted by molar-refractivity contribution is 0.148. The highest BCUT2D eigenvalue weighted by atomic mass is 16.3. The second-order valence-electron chi connectivity index (χ2n) is 5.64. The smallest absolute Gasteiger partial charge is 0.0693 e. The molecule has 1 fully saturated rings. The Hall–Kier alpha value is -0.900. The molecule has 1 aromatic carbocycles. The van der Waals surface area contributed by atoms with Crippen LogP contribution in [-0.2, 0) is 6.54 Å². The molecular formula is C16H26N2O. The first-order chi connectivity index (χ1) is 9.25. The van der Waals surface area contributed by atoms with Crippen molar-refractivity contribution in [1.82, 2.24) is 10.2 Å². The van der Waals surface area contributed by atoms with E-state index in [0.29, 0.717) is 6.04 Å². The number of rotatable bonds is 7. The van der Waals surface area contributed by atoms with Crippen LogP contribution in [0.2, 0.25) is 0 Å². The predicted octanol–water partition coefficient (Wildman–Crippen LogP) is 2.01. The zero-order chi connectivity index (χ0) is 13.5. The zero-order valence-electron chi connectivity index (χ0n) is 11.9. The van der Waals surface area contributed by atoms with E-state index in [2.05, 4.69) is 47.6 Å². The van der Waals surface area contributed by atoms with Crippen molar-refractivity contribution in [2.24, 2.45) is 0 Å². The Balaban J connectivity index is 1.58. The second-order valence-corrected chi connectivity index (χ2v) is 5.64. The number of aliphatic hydroxyl groups is 1. The quantitative estimate of drug-likeness (QED) is 0.738. The molecule has 0 aromatic heterocycles. The number of nitrogens with zero attached hydrogens (tertiary/aromatic N) is 1. The second kappa shape index (κ2) is 7.63. The highest BCUT2D eigenvalue weighted by molar-refractivity contribution is 5.14. The van der Waals surface area contributed by atoms with Crippen molar-refractivity contribution in [1.29, 1.82) is 0 Å². The molecule has 0 aliphatic heterocycles. The number of aliphatic hydroxyl groups excluding tert-OH is 1. The first-order valence-corrected chi connectivity index (χ1v) is 7.39. The molecule has 1 aromatic rings. The Morgan fingerprint density at radius 2 is 2.05 bits per heavy atom. The van der Waals surface area contributed by atoms with Gasteiger partial charge in [0, 0.05) is 12.6 Å². The largest absolute Gasteiger partial charge is 0.392 e. The normalized spacial score (nSPS) is 23.1. The van der Waals surface area contributed by atoms with Gasteiger partial charge in [-0.05, 0) is 51.4 Å². The van der Waals surface area contributed by atoms with Crippen molar-refractivity contribution in [3.05, 3.63) is 35.9 Å². The summed E-state index contributed by atoms with van der Waals surface area (Å²) in [5.41, 5.74) is 1.36. The fourth-order valence-corrected chi connectivity index (χ4v) is 2.79. The molecule has 3 nitrogen and oxygen atoms in total. The van der Waals surface area contributed by atoms with E-state index in [1.54, 1.807) is 0 Å². The van der Waals surface area contributed by atoms with E-state index in [0.717, 1.165) is 45.3 Å². The van der Waals surface area contributed by atoms with Gasteiger partial charge in [0.2, 0.25) is 0 Å². The molecule has 106 valence electrons. The van der Waals surface area contributed by atoms with E-state index in [4.69, 9.17) is 0 Å². The third-order valence-electron chi connectivity index (χ3n) is 3.90. The molecule has 2 N–H and O–H groups in total. The molecule has 0 spiro atoms. The van der Waals surface area contributed by atoms with Gasteiger partial charge in [-0.15, -0.1) is 0 Å². The van der Waals surface area contributed by atoms with Gasteiger partial charge in [-0.25, -0.2) is 0 Å². The summed E-state index contributed by atoms with van der Waals surface area (Å²) in [6.07, 6.45) is 4.26. The summed E-state index contributed by atoms with van der Waals surface area (Å²) >= 11 is 0. The van der Waals surface area contributed by atoms with E-state index in [-0.39, 0.29) is 6.10 Å². The third-order valence-corrected chi connectivity index (χ3v) is 3.90. The van der Waals surface area contributed by atoms with Crippen LogP contribution in [-0.4, -0.2) is 42.3 Å². The van der Waals surface area contributed by atoms with Gasteiger partial charge in [0.25, 0.3) is 0 Å². The molecule has 2 atom stereocenters. The molecule has 2 unspecified atom stereocenters. The van der Waals surface area contributed by atoms with Crippen LogP contribution in [0, 0.1) is 0 Å². The van der Waals surface area contributed by atoms with Crippen molar-refractivity contribution < 1.29 is 5.11 Å². The van der Waals surface area contributed by atoms with Gasteiger partial charge in [-0.3, -0.25) is 0 Å². The molecule has 0 bridgehead atoms. The standard InChI is InChI=1S/C16H26N2O/c1-18(13-14-7-3-2-4-8-14)12-6-11-17-15-9-5-10-16(15)19/h2-4,7-8,15-17,19H,5-6,9-13H2,1H3. The molecule has 19 heavy (non-hydrogen) atoms. The first kappa shape index (κ1) is 14.5. The van der Waals surface area contributed by atoms with Crippen LogP contribution in [0.4, 0.5) is 0 Å². The SMILES string of the molecule is CN(CCCNC1CCCC1O)Cc1ccccc1. The first-order valence-electron chi connectivity index (χ1n) is 7.39. The van der Waals surface area contributed by atoms with Gasteiger partial charge in [0.1, 0.15) is 0 Å². The zero-order valence-corrected chi connectivity index (χ0v) is 11.9. The molecule has 1 aliphatic carbocycles. The average molecular weight is 262 g/mol. The van der Waals surface area contributed by atoms with E-state index in [9.17, 15) is 5.11 Å². The van der Waals surface area contributed by atoms with Crippen LogP contribution in [0.3, 0.4) is 0 Å². The van der Waals surface area contributed by atoms with Crippen LogP contribution < -0.4 is 5.32 Å². The molecule has 1 saturated carbocycles. The van der Waals surface area contributed by atoms with Crippen molar-refractivity contribution in [3.8, 4) is 0 Å². The fraction of sp³-hybridized carbons (Fsp3) is 0.625. The maximum atomic E-state index is 9.72. The average Bonchev–Trinajstić information content (AvgIpc) is 2.81. The van der Waals surface area contributed by atoms with E-state index in [1.165, 1.54) is 5.56 Å². The lowest BCUT2D eigenvalue weighted by atomic mass is 10.2. The van der Waals surface area contributed by atoms with Gasteiger partial charge in [-0.1, -0.05) is 30.3 Å². The van der Waals surface area contributed by atoms with Gasteiger partial charge < -0.3 is 15.3 Å². The lowest BCUT2D eigenvalue weighted by Gasteiger charge is -2.19. The summed E-state index contributed by atoms with van der Waals surface area (Å²) in [6.45, 7) is 3.10. The van der Waals surface area contributed by atoms with E-state index >= 15 is 0 Å². The van der Waals surface area contributed by atoms with Crippen molar-refractivity contribution in [2.45, 2.75) is 44.4 Å². The van der Waals surface area contributed by atoms with E-state index < -0.39 is 0 Å². The minimum Gasteiger partial charge on any atom is -0.392 e. The van der Waals surface area contributed by atoms with E-state index in [1.807, 2.05) is 0 Å². The highest BCUT2D eigenvalue weighted by Crippen LogP contribution is 2.18. The topological polar surface area (TPSA) is 35.5 Å². The number of nitrogens with one attached hydrogen (secondary N) is 1. The monoisotopic (exact) mass is 262 g/mol. The lowest BCUT2D eigenvalue weighted by Crippen LogP contribution is -2.37. The number of hydrogen-bond acceptors (Lipinski definition) is 3. The van der Waals surface area contributed by atoms with Crippen LogP contribution in [0.25, 0.3) is 0 Å². The minimum atomic E-state index is -0.123. The Morgan fingerprint density at radius 3 is 2.74 bits per heavy atom. The predicted molar refractivity (Wildman–Crippen MR) is 79.0 cm³/mol. The van der Waals surface area contributed by atoms with Crippen LogP contribution in [0.5, 0.6) is 0 Å². The summed E-state index contributed by atoms with van der Waals surface area (Å²) in [7, 11) is 2.16. The molecule has 1 aliphatic rings. The number of hydrogen-bond donors (Lipinski definition) is 2. The molecule has 2 rings (SSSR count). The maximum Gasteiger partial charge on any atom is 0.0693 e. The molecule has 3 heteroatoms. The molecule has 0 radical (unpaired) electrons. The fourth-order valence-electron chi connectivity index (χ4n) is 2.79. The minimum absolute atomic E-state index is 0.123. The van der Waals surface area contributed by atoms with Gasteiger partial charge >= 0.3 is 0 Å². The molecule has 0 saturated heterocycles. The summed E-state index contributed by atoms with van der Waals surface area (Å²) in [6, 6.07) is 10.9. The van der Waals surface area contributed by atoms with Crippen molar-refractivity contribution >= 4 is 0 Å². The van der Waals surface area contributed by atoms with Crippen LogP contribution in [0.15, 0.2) is 30.3 Å². The molecule has 0 amide bonds. The van der Waals surface area contributed by atoms with Crippen molar-refractivity contribution in [3.63, 3.8) is 0 Å². The molecular weight excluding hydrogens is 236 g/mol. The summed E-state index contributed by atoms with van der Waals surface area (Å²) < 4.78 is 0. The Labute approximate surface area is 116 Å². The third kappa shape index (κ3) is 4.94. The maximum absolute atomic E-state index is 9.72. The van der Waals surface area contributed by atoms with Crippen LogP contribution in [0.1, 0.15) is 31.2 Å². The summed E-state index contributed by atoms with van der Waals surface area (Å²) in [4.78, 5) is 2.35. The summed E-state index contributed by atoms with van der Waals surface area (Å²) in [5.74, 6) is 0. The number of benzene rings is 1. The van der Waals surface area contributed by atoms with Gasteiger partial charge in [0.05, 0.1) is 6.10 Å².